The van der Waals surface area contributed by atoms with Gasteiger partial charge in [-0.25, -0.2) is 4.39 Å². The van der Waals surface area contributed by atoms with Crippen molar-refractivity contribution in [3.63, 3.8) is 0 Å². The predicted molar refractivity (Wildman–Crippen MR) is 87.5 cm³/mol. The molecule has 1 aromatic carbocycles. The predicted octanol–water partition coefficient (Wildman–Crippen LogP) is 3.84. The lowest BCUT2D eigenvalue weighted by molar-refractivity contribution is 0.0954. The van der Waals surface area contributed by atoms with Crippen LogP contribution in [0, 0.1) is 5.82 Å². The quantitative estimate of drug-likeness (QED) is 0.824. The number of allylic oxidation sites excluding steroid dienone is 1. The molecule has 0 atom stereocenters. The summed E-state index contributed by atoms with van der Waals surface area (Å²) < 4.78 is 13.0. The number of aromatic amines is 1. The second-order valence-electron chi connectivity index (χ2n) is 5.78. The van der Waals surface area contributed by atoms with Crippen LogP contribution in [0.2, 0.25) is 0 Å². The topological polar surface area (TPSA) is 57.8 Å². The molecule has 120 valence electrons. The summed E-state index contributed by atoms with van der Waals surface area (Å²) in [6.07, 6.45) is 9.51. The molecule has 2 aromatic rings. The number of rotatable bonds is 5. The molecule has 0 saturated heterocycles. The zero-order chi connectivity index (χ0) is 16.1. The summed E-state index contributed by atoms with van der Waals surface area (Å²) in [6, 6.07) is 6.00. The van der Waals surface area contributed by atoms with E-state index < -0.39 is 0 Å². The van der Waals surface area contributed by atoms with Gasteiger partial charge < -0.3 is 5.32 Å². The Hall–Kier alpha value is -2.43. The van der Waals surface area contributed by atoms with Crippen LogP contribution in [0.25, 0.3) is 11.3 Å². The molecule has 23 heavy (non-hydrogen) atoms. The Bertz CT molecular complexity index is 703. The van der Waals surface area contributed by atoms with Crippen molar-refractivity contribution in [3.8, 4) is 11.3 Å². The van der Waals surface area contributed by atoms with E-state index >= 15 is 0 Å². The van der Waals surface area contributed by atoms with Crippen LogP contribution in [-0.2, 0) is 0 Å². The fourth-order valence-corrected chi connectivity index (χ4v) is 2.86. The van der Waals surface area contributed by atoms with Crippen LogP contribution in [0.1, 0.15) is 42.5 Å². The summed E-state index contributed by atoms with van der Waals surface area (Å²) in [5, 5.41) is 9.71. The Kier molecular flexibility index (Phi) is 4.86. The van der Waals surface area contributed by atoms with Crippen molar-refractivity contribution < 1.29 is 9.18 Å². The number of carbonyl (C=O) groups is 1. The van der Waals surface area contributed by atoms with Crippen molar-refractivity contribution in [3.05, 3.63) is 53.5 Å². The van der Waals surface area contributed by atoms with Crippen LogP contribution in [0.3, 0.4) is 0 Å². The van der Waals surface area contributed by atoms with Crippen molar-refractivity contribution in [1.82, 2.24) is 15.5 Å². The number of benzene rings is 1. The monoisotopic (exact) mass is 313 g/mol. The van der Waals surface area contributed by atoms with Crippen molar-refractivity contribution in [2.24, 2.45) is 0 Å². The molecule has 0 radical (unpaired) electrons. The molecule has 0 aliphatic heterocycles. The van der Waals surface area contributed by atoms with Crippen LogP contribution >= 0.6 is 0 Å². The number of nitrogens with one attached hydrogen (secondary N) is 2. The van der Waals surface area contributed by atoms with Crippen LogP contribution in [-0.4, -0.2) is 22.6 Å². The van der Waals surface area contributed by atoms with E-state index in [4.69, 9.17) is 0 Å². The minimum atomic E-state index is -0.306. The molecule has 1 aliphatic rings. The van der Waals surface area contributed by atoms with E-state index in [-0.39, 0.29) is 11.7 Å². The number of amides is 1. The molecule has 1 amide bonds. The molecule has 1 aromatic heterocycles. The fraction of sp³-hybridized carbons (Fsp3) is 0.333. The van der Waals surface area contributed by atoms with Gasteiger partial charge in [0.25, 0.3) is 5.91 Å². The lowest BCUT2D eigenvalue weighted by Crippen LogP contribution is -2.25. The van der Waals surface area contributed by atoms with Crippen LogP contribution in [0.4, 0.5) is 4.39 Å². The number of carbonyl (C=O) groups excluding carboxylic acids is 1. The molecule has 0 spiro atoms. The summed E-state index contributed by atoms with van der Waals surface area (Å²) in [4.78, 5) is 12.3. The third-order valence-electron chi connectivity index (χ3n) is 4.13. The zero-order valence-corrected chi connectivity index (χ0v) is 12.9. The molecule has 4 nitrogen and oxygen atoms in total. The average Bonchev–Trinajstić information content (AvgIpc) is 3.06. The highest BCUT2D eigenvalue weighted by Gasteiger charge is 2.15. The van der Waals surface area contributed by atoms with Gasteiger partial charge in [0.1, 0.15) is 5.82 Å². The molecule has 1 aliphatic carbocycles. The number of H-pyrrole nitrogens is 1. The van der Waals surface area contributed by atoms with E-state index in [0.717, 1.165) is 24.8 Å². The summed E-state index contributed by atoms with van der Waals surface area (Å²) in [5.74, 6) is -0.463. The second kappa shape index (κ2) is 7.22. The van der Waals surface area contributed by atoms with Gasteiger partial charge in [-0.1, -0.05) is 11.6 Å². The van der Waals surface area contributed by atoms with Gasteiger partial charge in [0.2, 0.25) is 0 Å². The number of nitrogens with zero attached hydrogens (tertiary/aromatic N) is 1. The van der Waals surface area contributed by atoms with Gasteiger partial charge >= 0.3 is 0 Å². The van der Waals surface area contributed by atoms with Gasteiger partial charge in [0.15, 0.2) is 0 Å². The maximum Gasteiger partial charge on any atom is 0.255 e. The fourth-order valence-electron chi connectivity index (χ4n) is 2.86. The Labute approximate surface area is 134 Å². The van der Waals surface area contributed by atoms with Crippen molar-refractivity contribution in [2.75, 3.05) is 6.54 Å². The first-order valence-electron chi connectivity index (χ1n) is 7.99. The molecular weight excluding hydrogens is 293 g/mol. The van der Waals surface area contributed by atoms with Crippen molar-refractivity contribution in [1.29, 1.82) is 0 Å². The first kappa shape index (κ1) is 15.5. The third-order valence-corrected chi connectivity index (χ3v) is 4.13. The smallest absolute Gasteiger partial charge is 0.255 e. The molecule has 0 bridgehead atoms. The molecule has 0 fully saturated rings. The van der Waals surface area contributed by atoms with Crippen molar-refractivity contribution >= 4 is 5.91 Å². The SMILES string of the molecule is O=C(NCCC1=CCCCC1)c1cn[nH]c1-c1ccc(F)cc1. The molecule has 3 rings (SSSR count). The van der Waals surface area contributed by atoms with Crippen LogP contribution in [0.15, 0.2) is 42.1 Å². The van der Waals surface area contributed by atoms with E-state index in [1.165, 1.54) is 36.7 Å². The van der Waals surface area contributed by atoms with E-state index in [2.05, 4.69) is 21.6 Å². The van der Waals surface area contributed by atoms with Gasteiger partial charge in [0, 0.05) is 12.1 Å². The van der Waals surface area contributed by atoms with Crippen LogP contribution < -0.4 is 5.32 Å². The van der Waals surface area contributed by atoms with Gasteiger partial charge in [-0.15, -0.1) is 0 Å². The van der Waals surface area contributed by atoms with Gasteiger partial charge in [0.05, 0.1) is 17.5 Å². The first-order valence-corrected chi connectivity index (χ1v) is 7.99. The number of hydrogen-bond acceptors (Lipinski definition) is 2. The van der Waals surface area contributed by atoms with Crippen molar-refractivity contribution in [2.45, 2.75) is 32.1 Å². The summed E-state index contributed by atoms with van der Waals surface area (Å²) in [7, 11) is 0. The zero-order valence-electron chi connectivity index (χ0n) is 12.9. The van der Waals surface area contributed by atoms with E-state index in [1.807, 2.05) is 0 Å². The Morgan fingerprint density at radius 3 is 2.83 bits per heavy atom. The minimum absolute atomic E-state index is 0.158. The van der Waals surface area contributed by atoms with Gasteiger partial charge in [-0.2, -0.15) is 5.10 Å². The standard InChI is InChI=1S/C18H20FN3O/c19-15-8-6-14(7-9-15)17-16(12-21-22-17)18(23)20-11-10-13-4-2-1-3-5-13/h4,6-9,12H,1-3,5,10-11H2,(H,20,23)(H,21,22). The van der Waals surface area contributed by atoms with Gasteiger partial charge in [-0.05, 0) is 56.4 Å². The Morgan fingerprint density at radius 1 is 1.26 bits per heavy atom. The molecule has 2 N–H and O–H groups in total. The van der Waals surface area contributed by atoms with E-state index in [0.29, 0.717) is 17.8 Å². The lowest BCUT2D eigenvalue weighted by atomic mass is 9.97. The molecule has 1 heterocycles. The van der Waals surface area contributed by atoms with E-state index in [9.17, 15) is 9.18 Å². The number of halogens is 1. The maximum absolute atomic E-state index is 13.0. The largest absolute Gasteiger partial charge is 0.352 e. The highest BCUT2D eigenvalue weighted by Crippen LogP contribution is 2.22. The van der Waals surface area contributed by atoms with Crippen LogP contribution in [0.5, 0.6) is 0 Å². The normalized spacial score (nSPS) is 14.4. The highest BCUT2D eigenvalue weighted by molar-refractivity contribution is 5.99. The maximum atomic E-state index is 13.0. The summed E-state index contributed by atoms with van der Waals surface area (Å²) >= 11 is 0. The third kappa shape index (κ3) is 3.86. The Morgan fingerprint density at radius 2 is 2.09 bits per heavy atom. The number of hydrogen-bond donors (Lipinski definition) is 2. The number of aromatic nitrogens is 2. The second-order valence-corrected chi connectivity index (χ2v) is 5.78. The molecule has 5 heteroatoms. The summed E-state index contributed by atoms with van der Waals surface area (Å²) in [5.41, 5.74) is 3.26. The molecule has 0 unspecified atom stereocenters. The molecule has 0 saturated carbocycles. The lowest BCUT2D eigenvalue weighted by Gasteiger charge is -2.13. The molecular formula is C18H20FN3O. The Balaban J connectivity index is 1.63. The van der Waals surface area contributed by atoms with Gasteiger partial charge in [-0.3, -0.25) is 9.89 Å². The average molecular weight is 313 g/mol. The highest BCUT2D eigenvalue weighted by atomic mass is 19.1. The summed E-state index contributed by atoms with van der Waals surface area (Å²) in [6.45, 7) is 0.624. The van der Waals surface area contributed by atoms with E-state index in [1.54, 1.807) is 12.1 Å². The minimum Gasteiger partial charge on any atom is -0.352 e. The first-order chi connectivity index (χ1) is 11.2.